The number of carboxylic acid groups (broad SMARTS) is 2. The lowest BCUT2D eigenvalue weighted by Crippen LogP contribution is -2.71. The minimum Gasteiger partial charge on any atom is -0.480 e. The standard InChI is InChI=1S/C17H16N2O8S2/c1-7(20)27-4-9-6-29-15-11(14(22)19(15)12(9)17(25)26)18-13(21)10(16(23)24)8-2-3-28-5-8/h2-3,5,10-11,15H,4,6H2,1H3,(H,18,21)(H,23,24)(H,25,26)/t10?,11-,15-/m1/s1. The van der Waals surface area contributed by atoms with Crippen LogP contribution in [0, 0.1) is 0 Å². The van der Waals surface area contributed by atoms with Crippen LogP contribution in [0.3, 0.4) is 0 Å². The Kier molecular flexibility index (Phi) is 5.94. The van der Waals surface area contributed by atoms with Crippen molar-refractivity contribution in [2.24, 2.45) is 0 Å². The lowest BCUT2D eigenvalue weighted by atomic mass is 9.98. The van der Waals surface area contributed by atoms with E-state index in [4.69, 9.17) is 4.74 Å². The Morgan fingerprint density at radius 3 is 2.62 bits per heavy atom. The van der Waals surface area contributed by atoms with Gasteiger partial charge in [0.05, 0.1) is 0 Å². The number of nitrogens with one attached hydrogen (secondary N) is 1. The van der Waals surface area contributed by atoms with Crippen LogP contribution < -0.4 is 5.32 Å². The Morgan fingerprint density at radius 2 is 2.07 bits per heavy atom. The predicted molar refractivity (Wildman–Crippen MR) is 101 cm³/mol. The highest BCUT2D eigenvalue weighted by molar-refractivity contribution is 8.00. The molecule has 0 spiro atoms. The molecule has 2 aliphatic heterocycles. The Morgan fingerprint density at radius 1 is 1.34 bits per heavy atom. The summed E-state index contributed by atoms with van der Waals surface area (Å²) in [7, 11) is 0. The smallest absolute Gasteiger partial charge is 0.352 e. The molecule has 0 aromatic carbocycles. The first-order valence-corrected chi connectivity index (χ1v) is 10.3. The third-order valence-corrected chi connectivity index (χ3v) is 6.42. The lowest BCUT2D eigenvalue weighted by molar-refractivity contribution is -0.152. The minimum absolute atomic E-state index is 0.183. The van der Waals surface area contributed by atoms with Crippen LogP contribution >= 0.6 is 23.1 Å². The summed E-state index contributed by atoms with van der Waals surface area (Å²) in [4.78, 5) is 60.3. The minimum atomic E-state index is -1.47. The van der Waals surface area contributed by atoms with Crippen LogP contribution in [-0.2, 0) is 28.7 Å². The van der Waals surface area contributed by atoms with Gasteiger partial charge in [-0.25, -0.2) is 4.79 Å². The maximum atomic E-state index is 12.6. The van der Waals surface area contributed by atoms with Crippen LogP contribution in [0.25, 0.3) is 0 Å². The Labute approximate surface area is 172 Å². The van der Waals surface area contributed by atoms with E-state index in [9.17, 15) is 34.2 Å². The number of β-lactam (4-membered cyclic amide) rings is 1. The van der Waals surface area contributed by atoms with Crippen LogP contribution in [0.4, 0.5) is 0 Å². The average molecular weight is 440 g/mol. The van der Waals surface area contributed by atoms with Gasteiger partial charge in [0, 0.05) is 18.2 Å². The number of rotatable bonds is 7. The number of carbonyl (C=O) groups excluding carboxylic acids is 3. The van der Waals surface area contributed by atoms with Gasteiger partial charge in [0.2, 0.25) is 5.91 Å². The quantitative estimate of drug-likeness (QED) is 0.307. The number of ether oxygens (including phenoxy) is 1. The van der Waals surface area contributed by atoms with E-state index in [1.54, 1.807) is 5.38 Å². The Balaban J connectivity index is 1.77. The number of carboxylic acids is 2. The van der Waals surface area contributed by atoms with Crippen LogP contribution in [0.2, 0.25) is 0 Å². The van der Waals surface area contributed by atoms with E-state index in [1.807, 2.05) is 0 Å². The lowest BCUT2D eigenvalue weighted by Gasteiger charge is -2.49. The van der Waals surface area contributed by atoms with Crippen molar-refractivity contribution in [1.82, 2.24) is 10.2 Å². The molecule has 1 aromatic heterocycles. The molecule has 154 valence electrons. The molecule has 10 nitrogen and oxygen atoms in total. The summed E-state index contributed by atoms with van der Waals surface area (Å²) in [6.07, 6.45) is 0. The number of thioether (sulfide) groups is 1. The van der Waals surface area contributed by atoms with Gasteiger partial charge >= 0.3 is 17.9 Å². The second kappa shape index (κ2) is 8.25. The number of hydrogen-bond donors (Lipinski definition) is 3. The predicted octanol–water partition coefficient (Wildman–Crippen LogP) is 0.218. The van der Waals surface area contributed by atoms with E-state index < -0.39 is 47.1 Å². The van der Waals surface area contributed by atoms with E-state index in [-0.39, 0.29) is 23.6 Å². The summed E-state index contributed by atoms with van der Waals surface area (Å²) in [6, 6.07) is 0.470. The van der Waals surface area contributed by atoms with Crippen LogP contribution in [0.1, 0.15) is 18.4 Å². The molecular weight excluding hydrogens is 424 g/mol. The molecule has 0 radical (unpaired) electrons. The zero-order chi connectivity index (χ0) is 21.3. The summed E-state index contributed by atoms with van der Waals surface area (Å²) in [6.45, 7) is 0.934. The average Bonchev–Trinajstić information content (AvgIpc) is 3.17. The maximum absolute atomic E-state index is 12.6. The molecule has 12 heteroatoms. The number of amides is 2. The maximum Gasteiger partial charge on any atom is 0.352 e. The van der Waals surface area contributed by atoms with Gasteiger partial charge in [-0.1, -0.05) is 0 Å². The molecule has 3 heterocycles. The number of esters is 1. The highest BCUT2D eigenvalue weighted by Crippen LogP contribution is 2.40. The summed E-state index contributed by atoms with van der Waals surface area (Å²) in [5.41, 5.74) is 0.293. The van der Waals surface area contributed by atoms with Gasteiger partial charge in [-0.15, -0.1) is 11.8 Å². The number of carbonyl (C=O) groups is 5. The van der Waals surface area contributed by atoms with E-state index in [0.717, 1.165) is 4.90 Å². The third kappa shape index (κ3) is 3.98. The van der Waals surface area contributed by atoms with E-state index in [2.05, 4.69) is 5.32 Å². The van der Waals surface area contributed by atoms with Crippen molar-refractivity contribution in [3.63, 3.8) is 0 Å². The van der Waals surface area contributed by atoms with Gasteiger partial charge in [-0.05, 0) is 22.4 Å². The third-order valence-electron chi connectivity index (χ3n) is 4.38. The first kappa shape index (κ1) is 20.9. The second-order valence-corrected chi connectivity index (χ2v) is 8.15. The van der Waals surface area contributed by atoms with Crippen molar-refractivity contribution in [3.05, 3.63) is 33.7 Å². The zero-order valence-corrected chi connectivity index (χ0v) is 16.6. The van der Waals surface area contributed by atoms with Crippen molar-refractivity contribution in [2.45, 2.75) is 24.3 Å². The van der Waals surface area contributed by atoms with Crippen molar-refractivity contribution in [1.29, 1.82) is 0 Å². The molecule has 1 aromatic rings. The molecular formula is C17H16N2O8S2. The fraction of sp³-hybridized carbons (Fsp3) is 0.353. The second-order valence-electron chi connectivity index (χ2n) is 6.26. The molecule has 0 saturated carbocycles. The summed E-state index contributed by atoms with van der Waals surface area (Å²) < 4.78 is 4.85. The van der Waals surface area contributed by atoms with Gasteiger partial charge in [-0.2, -0.15) is 11.3 Å². The molecule has 1 unspecified atom stereocenters. The molecule has 0 aliphatic carbocycles. The number of fused-ring (bicyclic) bond motifs is 1. The first-order chi connectivity index (χ1) is 13.7. The van der Waals surface area contributed by atoms with Crippen LogP contribution in [-0.4, -0.2) is 68.6 Å². The van der Waals surface area contributed by atoms with Crippen molar-refractivity contribution < 1.29 is 38.9 Å². The molecule has 29 heavy (non-hydrogen) atoms. The Bertz CT molecular complexity index is 911. The molecule has 0 bridgehead atoms. The summed E-state index contributed by atoms with van der Waals surface area (Å²) in [5, 5.41) is 23.8. The van der Waals surface area contributed by atoms with Gasteiger partial charge in [0.25, 0.3) is 5.91 Å². The normalized spacial score (nSPS) is 21.7. The highest BCUT2D eigenvalue weighted by Gasteiger charge is 2.54. The van der Waals surface area contributed by atoms with Gasteiger partial charge < -0.3 is 20.3 Å². The molecule has 1 fully saturated rings. The van der Waals surface area contributed by atoms with Crippen LogP contribution in [0.5, 0.6) is 0 Å². The molecule has 3 rings (SSSR count). The van der Waals surface area contributed by atoms with Gasteiger partial charge in [-0.3, -0.25) is 24.1 Å². The van der Waals surface area contributed by atoms with E-state index in [0.29, 0.717) is 5.56 Å². The van der Waals surface area contributed by atoms with E-state index in [1.165, 1.54) is 41.5 Å². The fourth-order valence-electron chi connectivity index (χ4n) is 3.07. The SMILES string of the molecule is CC(=O)OCC1=C(C(=O)O)N2C(=O)[C@@H](NC(=O)C(C(=O)O)c3ccsc3)[C@H]2SC1. The monoisotopic (exact) mass is 440 g/mol. The molecule has 2 aliphatic rings. The molecule has 3 N–H and O–H groups in total. The largest absolute Gasteiger partial charge is 0.480 e. The van der Waals surface area contributed by atoms with Crippen molar-refractivity contribution >= 4 is 52.8 Å². The fourth-order valence-corrected chi connectivity index (χ4v) is 5.08. The van der Waals surface area contributed by atoms with Crippen molar-refractivity contribution in [3.8, 4) is 0 Å². The topological polar surface area (TPSA) is 150 Å². The molecule has 3 atom stereocenters. The molecule has 1 saturated heterocycles. The molecule has 2 amide bonds. The van der Waals surface area contributed by atoms with Crippen LogP contribution in [0.15, 0.2) is 28.1 Å². The number of aliphatic carboxylic acids is 2. The highest BCUT2D eigenvalue weighted by atomic mass is 32.2. The number of thiophene rings is 1. The summed E-state index contributed by atoms with van der Waals surface area (Å²) >= 11 is 2.44. The van der Waals surface area contributed by atoms with Gasteiger partial charge in [0.15, 0.2) is 5.92 Å². The first-order valence-electron chi connectivity index (χ1n) is 8.31. The Hall–Kier alpha value is -2.86. The number of hydrogen-bond acceptors (Lipinski definition) is 8. The zero-order valence-electron chi connectivity index (χ0n) is 15.0. The summed E-state index contributed by atoms with van der Waals surface area (Å²) in [5.74, 6) is -6.08. The van der Waals surface area contributed by atoms with E-state index >= 15 is 0 Å². The van der Waals surface area contributed by atoms with Gasteiger partial charge in [0.1, 0.15) is 23.7 Å². The van der Waals surface area contributed by atoms with Crippen molar-refractivity contribution in [2.75, 3.05) is 12.4 Å². The number of nitrogens with zero attached hydrogens (tertiary/aromatic N) is 1.